The summed E-state index contributed by atoms with van der Waals surface area (Å²) < 4.78 is 16.8. The molecular weight excluding hydrogens is 456 g/mol. The van der Waals surface area contributed by atoms with Gasteiger partial charge in [-0.05, 0) is 55.6 Å². The summed E-state index contributed by atoms with van der Waals surface area (Å²) in [6, 6.07) is 11.8. The summed E-state index contributed by atoms with van der Waals surface area (Å²) in [5, 5.41) is 8.23. The van der Waals surface area contributed by atoms with Crippen molar-refractivity contribution in [2.45, 2.75) is 25.7 Å². The van der Waals surface area contributed by atoms with Gasteiger partial charge >= 0.3 is 0 Å². The molecule has 0 unspecified atom stereocenters. The second-order valence-electron chi connectivity index (χ2n) is 8.62. The molecule has 1 saturated heterocycles. The highest BCUT2D eigenvalue weighted by molar-refractivity contribution is 5.94. The van der Waals surface area contributed by atoms with Crippen molar-refractivity contribution < 1.29 is 18.8 Å². The molecule has 2 aromatic carbocycles. The molecule has 2 aliphatic rings. The fourth-order valence-electron chi connectivity index (χ4n) is 4.51. The number of nitrogens with zero attached hydrogens (tertiary/aromatic N) is 3. The number of hydrogen-bond donors (Lipinski definition) is 1. The molecule has 34 heavy (non-hydrogen) atoms. The highest BCUT2D eigenvalue weighted by Crippen LogP contribution is 2.30. The van der Waals surface area contributed by atoms with Crippen molar-refractivity contribution in [1.82, 2.24) is 10.1 Å². The zero-order valence-corrected chi connectivity index (χ0v) is 20.2. The highest BCUT2D eigenvalue weighted by Gasteiger charge is 2.22. The van der Waals surface area contributed by atoms with Crippen molar-refractivity contribution in [3.05, 3.63) is 42.0 Å². The molecule has 1 amide bonds. The lowest BCUT2D eigenvalue weighted by atomic mass is 10.0. The van der Waals surface area contributed by atoms with E-state index in [0.29, 0.717) is 13.0 Å². The van der Waals surface area contributed by atoms with Gasteiger partial charge in [-0.3, -0.25) is 9.69 Å². The van der Waals surface area contributed by atoms with Gasteiger partial charge in [-0.25, -0.2) is 0 Å². The lowest BCUT2D eigenvalue weighted by Gasteiger charge is -2.34. The SMILES string of the molecule is COc1ccc2onc(N3CCN(CCCCOc4ccc5c(c4)NC(=O)CC5)CC3)c2c1.Cl. The summed E-state index contributed by atoms with van der Waals surface area (Å²) in [7, 11) is 1.67. The van der Waals surface area contributed by atoms with Gasteiger partial charge in [0.15, 0.2) is 11.4 Å². The number of ether oxygens (including phenoxy) is 2. The largest absolute Gasteiger partial charge is 0.497 e. The minimum atomic E-state index is 0. The summed E-state index contributed by atoms with van der Waals surface area (Å²) >= 11 is 0. The van der Waals surface area contributed by atoms with Crippen LogP contribution in [0.2, 0.25) is 0 Å². The first-order valence-electron chi connectivity index (χ1n) is 11.7. The first-order chi connectivity index (χ1) is 16.2. The van der Waals surface area contributed by atoms with Crippen molar-refractivity contribution in [3.8, 4) is 11.5 Å². The second-order valence-corrected chi connectivity index (χ2v) is 8.62. The van der Waals surface area contributed by atoms with E-state index in [0.717, 1.165) is 86.0 Å². The zero-order chi connectivity index (χ0) is 22.6. The molecule has 0 bridgehead atoms. The molecule has 0 aliphatic carbocycles. The van der Waals surface area contributed by atoms with Gasteiger partial charge in [0, 0.05) is 44.4 Å². The number of amides is 1. The van der Waals surface area contributed by atoms with Gasteiger partial charge in [0.25, 0.3) is 0 Å². The Morgan fingerprint density at radius 1 is 1.03 bits per heavy atom. The Morgan fingerprint density at radius 3 is 2.68 bits per heavy atom. The molecule has 9 heteroatoms. The van der Waals surface area contributed by atoms with E-state index >= 15 is 0 Å². The molecule has 8 nitrogen and oxygen atoms in total. The summed E-state index contributed by atoms with van der Waals surface area (Å²) in [4.78, 5) is 16.4. The Morgan fingerprint density at radius 2 is 1.85 bits per heavy atom. The van der Waals surface area contributed by atoms with Gasteiger partial charge in [-0.1, -0.05) is 11.2 Å². The topological polar surface area (TPSA) is 80.1 Å². The highest BCUT2D eigenvalue weighted by atomic mass is 35.5. The number of aryl methyl sites for hydroxylation is 1. The van der Waals surface area contributed by atoms with Gasteiger partial charge in [-0.15, -0.1) is 12.4 Å². The first kappa shape index (κ1) is 24.2. The standard InChI is InChI=1S/C25H30N4O4.ClH/c1-31-19-7-8-23-21(16-19)25(27-33-23)29-13-11-28(12-14-29)10-2-3-15-32-20-6-4-18-5-9-24(30)26-22(18)17-20;/h4,6-8,16-17H,2-3,5,9-15H2,1H3,(H,26,30);1H. The monoisotopic (exact) mass is 486 g/mol. The third-order valence-corrected chi connectivity index (χ3v) is 6.44. The summed E-state index contributed by atoms with van der Waals surface area (Å²) in [5.41, 5.74) is 2.85. The van der Waals surface area contributed by atoms with E-state index in [2.05, 4.69) is 26.3 Å². The summed E-state index contributed by atoms with van der Waals surface area (Å²) in [6.45, 7) is 5.60. The summed E-state index contributed by atoms with van der Waals surface area (Å²) in [6.07, 6.45) is 3.45. The van der Waals surface area contributed by atoms with E-state index < -0.39 is 0 Å². The third-order valence-electron chi connectivity index (χ3n) is 6.44. The zero-order valence-electron chi connectivity index (χ0n) is 19.4. The van der Waals surface area contributed by atoms with Crippen LogP contribution < -0.4 is 19.7 Å². The second kappa shape index (κ2) is 11.0. The number of piperazine rings is 1. The van der Waals surface area contributed by atoms with Crippen molar-refractivity contribution in [2.24, 2.45) is 0 Å². The molecule has 1 aromatic heterocycles. The normalized spacial score (nSPS) is 16.0. The number of benzene rings is 2. The van der Waals surface area contributed by atoms with Gasteiger partial charge in [0.05, 0.1) is 19.1 Å². The van der Waals surface area contributed by atoms with Crippen LogP contribution in [0.15, 0.2) is 40.9 Å². The number of fused-ring (bicyclic) bond motifs is 2. The van der Waals surface area contributed by atoms with E-state index in [1.165, 1.54) is 5.56 Å². The van der Waals surface area contributed by atoms with E-state index in [1.54, 1.807) is 7.11 Å². The van der Waals surface area contributed by atoms with Crippen molar-refractivity contribution >= 4 is 40.8 Å². The number of aromatic nitrogens is 1. The molecular formula is C25H31ClN4O4. The maximum Gasteiger partial charge on any atom is 0.224 e. The average molecular weight is 487 g/mol. The van der Waals surface area contributed by atoms with Gasteiger partial charge in [0.1, 0.15) is 11.5 Å². The fourth-order valence-corrected chi connectivity index (χ4v) is 4.51. The quantitative estimate of drug-likeness (QED) is 0.479. The molecule has 0 atom stereocenters. The molecule has 0 spiro atoms. The lowest BCUT2D eigenvalue weighted by Crippen LogP contribution is -2.46. The van der Waals surface area contributed by atoms with Crippen LogP contribution in [-0.2, 0) is 11.2 Å². The van der Waals surface area contributed by atoms with Crippen molar-refractivity contribution in [3.63, 3.8) is 0 Å². The number of nitrogens with one attached hydrogen (secondary N) is 1. The minimum Gasteiger partial charge on any atom is -0.497 e. The van der Waals surface area contributed by atoms with Crippen LogP contribution in [0.1, 0.15) is 24.8 Å². The molecule has 1 fully saturated rings. The van der Waals surface area contributed by atoms with Gasteiger partial charge in [-0.2, -0.15) is 0 Å². The molecule has 0 saturated carbocycles. The number of carbonyl (C=O) groups excluding carboxylic acids is 1. The van der Waals surface area contributed by atoms with Crippen LogP contribution in [0, 0.1) is 0 Å². The molecule has 0 radical (unpaired) electrons. The lowest BCUT2D eigenvalue weighted by molar-refractivity contribution is -0.116. The number of rotatable bonds is 8. The predicted molar refractivity (Wildman–Crippen MR) is 135 cm³/mol. The van der Waals surface area contributed by atoms with Crippen LogP contribution in [0.3, 0.4) is 0 Å². The average Bonchev–Trinajstić information content (AvgIpc) is 3.27. The fraction of sp³-hybridized carbons (Fsp3) is 0.440. The smallest absolute Gasteiger partial charge is 0.224 e. The van der Waals surface area contributed by atoms with E-state index in [1.807, 2.05) is 30.3 Å². The molecule has 5 rings (SSSR count). The van der Waals surface area contributed by atoms with Crippen LogP contribution in [0.4, 0.5) is 11.5 Å². The van der Waals surface area contributed by atoms with E-state index in [9.17, 15) is 4.79 Å². The number of anilines is 2. The summed E-state index contributed by atoms with van der Waals surface area (Å²) in [5.74, 6) is 2.61. The number of carbonyl (C=O) groups is 1. The number of hydrogen-bond acceptors (Lipinski definition) is 7. The van der Waals surface area contributed by atoms with Crippen LogP contribution >= 0.6 is 12.4 Å². The van der Waals surface area contributed by atoms with Crippen LogP contribution in [-0.4, -0.2) is 62.4 Å². The maximum absolute atomic E-state index is 11.6. The Hall–Kier alpha value is -2.97. The molecule has 182 valence electrons. The number of unbranched alkanes of at least 4 members (excludes halogenated alkanes) is 1. The molecule has 3 aromatic rings. The maximum atomic E-state index is 11.6. The van der Waals surface area contributed by atoms with Crippen LogP contribution in [0.5, 0.6) is 11.5 Å². The van der Waals surface area contributed by atoms with Crippen molar-refractivity contribution in [1.29, 1.82) is 0 Å². The van der Waals surface area contributed by atoms with E-state index in [4.69, 9.17) is 14.0 Å². The third kappa shape index (κ3) is 5.39. The van der Waals surface area contributed by atoms with Crippen LogP contribution in [0.25, 0.3) is 11.0 Å². The van der Waals surface area contributed by atoms with Gasteiger partial charge < -0.3 is 24.2 Å². The Balaban J connectivity index is 0.00000274. The number of halogens is 1. The Labute approximate surface area is 205 Å². The molecule has 1 N–H and O–H groups in total. The molecule has 3 heterocycles. The Bertz CT molecular complexity index is 1130. The molecule has 2 aliphatic heterocycles. The number of methoxy groups -OCH3 is 1. The van der Waals surface area contributed by atoms with E-state index in [-0.39, 0.29) is 18.3 Å². The minimum absolute atomic E-state index is 0. The predicted octanol–water partition coefficient (Wildman–Crippen LogP) is 4.12. The Kier molecular flexibility index (Phi) is 7.80. The first-order valence-corrected chi connectivity index (χ1v) is 11.7. The van der Waals surface area contributed by atoms with Gasteiger partial charge in [0.2, 0.25) is 5.91 Å². The van der Waals surface area contributed by atoms with Crippen molar-refractivity contribution in [2.75, 3.05) is 56.7 Å².